The van der Waals surface area contributed by atoms with Crippen LogP contribution >= 0.6 is 0 Å². The molecule has 1 aromatic rings. The maximum Gasteiger partial charge on any atom is 0.0366 e. The predicted molar refractivity (Wildman–Crippen MR) is 69.7 cm³/mol. The molecule has 2 nitrogen and oxygen atoms in total. The average molecular weight is 218 g/mol. The van der Waals surface area contributed by atoms with Crippen molar-refractivity contribution in [1.82, 2.24) is 0 Å². The number of benzene rings is 1. The zero-order chi connectivity index (χ0) is 11.5. The van der Waals surface area contributed by atoms with Crippen LogP contribution < -0.4 is 10.6 Å². The van der Waals surface area contributed by atoms with Crippen molar-refractivity contribution in [3.05, 3.63) is 29.3 Å². The van der Waals surface area contributed by atoms with Gasteiger partial charge in [0.2, 0.25) is 0 Å². The Morgan fingerprint density at radius 3 is 2.62 bits per heavy atom. The van der Waals surface area contributed by atoms with Gasteiger partial charge in [-0.1, -0.05) is 12.5 Å². The maximum absolute atomic E-state index is 5.67. The van der Waals surface area contributed by atoms with Crippen LogP contribution in [0.1, 0.15) is 30.4 Å². The van der Waals surface area contributed by atoms with E-state index in [1.807, 2.05) is 0 Å². The van der Waals surface area contributed by atoms with Gasteiger partial charge < -0.3 is 10.6 Å². The number of aryl methyl sites for hydroxylation is 1. The fourth-order valence-corrected chi connectivity index (χ4v) is 2.31. The SMILES string of the molecule is Cc1cc(N(C)CC2CCC2)ccc1CN. The molecule has 16 heavy (non-hydrogen) atoms. The second kappa shape index (κ2) is 4.88. The molecule has 1 saturated carbocycles. The van der Waals surface area contributed by atoms with Crippen LogP contribution in [-0.4, -0.2) is 13.6 Å². The van der Waals surface area contributed by atoms with Gasteiger partial charge in [0, 0.05) is 25.8 Å². The van der Waals surface area contributed by atoms with Crippen LogP contribution in [0.3, 0.4) is 0 Å². The van der Waals surface area contributed by atoms with Crippen LogP contribution in [0.15, 0.2) is 18.2 Å². The van der Waals surface area contributed by atoms with Gasteiger partial charge in [0.1, 0.15) is 0 Å². The first-order chi connectivity index (χ1) is 7.70. The lowest BCUT2D eigenvalue weighted by atomic mass is 9.85. The third kappa shape index (κ3) is 2.38. The second-order valence-electron chi connectivity index (χ2n) is 4.99. The topological polar surface area (TPSA) is 29.3 Å². The van der Waals surface area contributed by atoms with Crippen molar-refractivity contribution in [3.8, 4) is 0 Å². The minimum Gasteiger partial charge on any atom is -0.374 e. The third-order valence-corrected chi connectivity index (χ3v) is 3.74. The number of nitrogens with zero attached hydrogens (tertiary/aromatic N) is 1. The molecule has 0 radical (unpaired) electrons. The largest absolute Gasteiger partial charge is 0.374 e. The van der Waals surface area contributed by atoms with Gasteiger partial charge in [-0.05, 0) is 48.9 Å². The van der Waals surface area contributed by atoms with Crippen LogP contribution in [0, 0.1) is 12.8 Å². The minimum atomic E-state index is 0.637. The molecule has 88 valence electrons. The fourth-order valence-electron chi connectivity index (χ4n) is 2.31. The highest BCUT2D eigenvalue weighted by atomic mass is 15.1. The molecule has 0 aromatic heterocycles. The van der Waals surface area contributed by atoms with Gasteiger partial charge in [-0.2, -0.15) is 0 Å². The van der Waals surface area contributed by atoms with Crippen molar-refractivity contribution in [1.29, 1.82) is 0 Å². The minimum absolute atomic E-state index is 0.637. The maximum atomic E-state index is 5.67. The van der Waals surface area contributed by atoms with Gasteiger partial charge >= 0.3 is 0 Å². The van der Waals surface area contributed by atoms with Crippen molar-refractivity contribution in [2.75, 3.05) is 18.5 Å². The molecule has 1 aliphatic carbocycles. The summed E-state index contributed by atoms with van der Waals surface area (Å²) in [5, 5.41) is 0. The zero-order valence-electron chi connectivity index (χ0n) is 10.4. The highest BCUT2D eigenvalue weighted by molar-refractivity contribution is 5.50. The summed E-state index contributed by atoms with van der Waals surface area (Å²) in [5.41, 5.74) is 9.55. The molecule has 1 aliphatic rings. The highest BCUT2D eigenvalue weighted by Crippen LogP contribution is 2.28. The van der Waals surface area contributed by atoms with E-state index in [2.05, 4.69) is 37.1 Å². The monoisotopic (exact) mass is 218 g/mol. The summed E-state index contributed by atoms with van der Waals surface area (Å²) in [7, 11) is 2.19. The number of nitrogens with two attached hydrogens (primary N) is 1. The molecule has 0 aliphatic heterocycles. The highest BCUT2D eigenvalue weighted by Gasteiger charge is 2.19. The quantitative estimate of drug-likeness (QED) is 0.842. The van der Waals surface area contributed by atoms with E-state index < -0.39 is 0 Å². The second-order valence-corrected chi connectivity index (χ2v) is 4.99. The van der Waals surface area contributed by atoms with E-state index in [0.29, 0.717) is 6.54 Å². The van der Waals surface area contributed by atoms with E-state index in [1.54, 1.807) is 0 Å². The average Bonchev–Trinajstić information content (AvgIpc) is 2.23. The van der Waals surface area contributed by atoms with Crippen LogP contribution in [-0.2, 0) is 6.54 Å². The molecule has 1 aromatic carbocycles. The molecule has 2 N–H and O–H groups in total. The van der Waals surface area contributed by atoms with Crippen LogP contribution in [0.5, 0.6) is 0 Å². The number of anilines is 1. The molecule has 0 unspecified atom stereocenters. The Labute approximate surface area is 98.4 Å². The first-order valence-corrected chi connectivity index (χ1v) is 6.21. The Balaban J connectivity index is 2.04. The summed E-state index contributed by atoms with van der Waals surface area (Å²) in [6.45, 7) is 3.97. The first kappa shape index (κ1) is 11.5. The van der Waals surface area contributed by atoms with Gasteiger partial charge in [0.05, 0.1) is 0 Å². The lowest BCUT2D eigenvalue weighted by molar-refractivity contribution is 0.321. The molecule has 0 atom stereocenters. The molecule has 2 heteroatoms. The Kier molecular flexibility index (Phi) is 3.49. The van der Waals surface area contributed by atoms with Crippen LogP contribution in [0.2, 0.25) is 0 Å². The Morgan fingerprint density at radius 1 is 1.38 bits per heavy atom. The number of hydrogen-bond donors (Lipinski definition) is 1. The summed E-state index contributed by atoms with van der Waals surface area (Å²) in [6.07, 6.45) is 4.23. The molecule has 0 amide bonds. The van der Waals surface area contributed by atoms with Crippen molar-refractivity contribution in [3.63, 3.8) is 0 Å². The van der Waals surface area contributed by atoms with Gasteiger partial charge in [0.15, 0.2) is 0 Å². The third-order valence-electron chi connectivity index (χ3n) is 3.74. The van der Waals surface area contributed by atoms with Gasteiger partial charge in [-0.3, -0.25) is 0 Å². The summed E-state index contributed by atoms with van der Waals surface area (Å²) < 4.78 is 0. The molecule has 0 saturated heterocycles. The molecular formula is C14H22N2. The molecule has 0 bridgehead atoms. The van der Waals surface area contributed by atoms with Gasteiger partial charge in [-0.25, -0.2) is 0 Å². The molecule has 0 spiro atoms. The summed E-state index contributed by atoms with van der Waals surface area (Å²) >= 11 is 0. The Morgan fingerprint density at radius 2 is 2.12 bits per heavy atom. The van der Waals surface area contributed by atoms with Crippen molar-refractivity contribution < 1.29 is 0 Å². The Bertz CT molecular complexity index is 356. The molecular weight excluding hydrogens is 196 g/mol. The van der Waals surface area contributed by atoms with Crippen LogP contribution in [0.25, 0.3) is 0 Å². The van der Waals surface area contributed by atoms with Crippen molar-refractivity contribution >= 4 is 5.69 Å². The smallest absolute Gasteiger partial charge is 0.0366 e. The van der Waals surface area contributed by atoms with Gasteiger partial charge in [0.25, 0.3) is 0 Å². The molecule has 0 heterocycles. The van der Waals surface area contributed by atoms with E-state index in [4.69, 9.17) is 5.73 Å². The fraction of sp³-hybridized carbons (Fsp3) is 0.571. The van der Waals surface area contributed by atoms with E-state index in [0.717, 1.165) is 5.92 Å². The molecule has 2 rings (SSSR count). The lowest BCUT2D eigenvalue weighted by Gasteiger charge is -2.31. The number of rotatable bonds is 4. The standard InChI is InChI=1S/C14H22N2/c1-11-8-14(7-6-13(11)9-15)16(2)10-12-4-3-5-12/h6-8,12H,3-5,9-10,15H2,1-2H3. The predicted octanol–water partition coefficient (Wildman–Crippen LogP) is 2.69. The normalized spacial score (nSPS) is 15.9. The summed E-state index contributed by atoms with van der Waals surface area (Å²) in [4.78, 5) is 2.37. The van der Waals surface area contributed by atoms with E-state index in [-0.39, 0.29) is 0 Å². The van der Waals surface area contributed by atoms with Crippen LogP contribution in [0.4, 0.5) is 5.69 Å². The number of hydrogen-bond acceptors (Lipinski definition) is 2. The lowest BCUT2D eigenvalue weighted by Crippen LogP contribution is -2.29. The molecule has 1 fully saturated rings. The van der Waals surface area contributed by atoms with E-state index in [9.17, 15) is 0 Å². The summed E-state index contributed by atoms with van der Waals surface area (Å²) in [6, 6.07) is 6.59. The Hall–Kier alpha value is -1.02. The first-order valence-electron chi connectivity index (χ1n) is 6.21. The van der Waals surface area contributed by atoms with Crippen molar-refractivity contribution in [2.45, 2.75) is 32.7 Å². The van der Waals surface area contributed by atoms with E-state index in [1.165, 1.54) is 42.6 Å². The summed E-state index contributed by atoms with van der Waals surface area (Å²) in [5.74, 6) is 0.916. The van der Waals surface area contributed by atoms with Gasteiger partial charge in [-0.15, -0.1) is 0 Å². The van der Waals surface area contributed by atoms with E-state index >= 15 is 0 Å². The van der Waals surface area contributed by atoms with Crippen molar-refractivity contribution in [2.24, 2.45) is 11.7 Å². The zero-order valence-corrected chi connectivity index (χ0v) is 10.4.